The van der Waals surface area contributed by atoms with E-state index in [-0.39, 0.29) is 22.9 Å². The van der Waals surface area contributed by atoms with Crippen molar-refractivity contribution in [1.82, 2.24) is 24.4 Å². The first-order valence-corrected chi connectivity index (χ1v) is 13.7. The van der Waals surface area contributed by atoms with Gasteiger partial charge >= 0.3 is 6.18 Å². The standard InChI is InChI=1S/C26H28F3N5OS/c27-26(28,29)22-11-19(21-2-1-7-36-21)30-23-12-20(31-34(22)23)24(35)32-3-5-33(6-4-32)25-13-16-8-17(14-25)10-18(9-16)15-25/h1-2,7,11-12,16-18H,3-6,8-10,13-15H2. The Bertz CT molecular complexity index is 1270. The van der Waals surface area contributed by atoms with Crippen LogP contribution in [0.15, 0.2) is 29.6 Å². The van der Waals surface area contributed by atoms with E-state index in [4.69, 9.17) is 0 Å². The summed E-state index contributed by atoms with van der Waals surface area (Å²) < 4.78 is 42.4. The van der Waals surface area contributed by atoms with Crippen molar-refractivity contribution < 1.29 is 18.0 Å². The molecule has 0 unspecified atom stereocenters. The zero-order valence-electron chi connectivity index (χ0n) is 19.9. The van der Waals surface area contributed by atoms with Crippen molar-refractivity contribution in [2.45, 2.75) is 50.2 Å². The maximum atomic E-state index is 13.9. The second kappa shape index (κ2) is 8.02. The van der Waals surface area contributed by atoms with Crippen LogP contribution in [0.2, 0.25) is 0 Å². The lowest BCUT2D eigenvalue weighted by atomic mass is 9.52. The van der Waals surface area contributed by atoms with Crippen LogP contribution in [0.4, 0.5) is 13.2 Å². The first kappa shape index (κ1) is 22.7. The van der Waals surface area contributed by atoms with E-state index < -0.39 is 11.9 Å². The third-order valence-electron chi connectivity index (χ3n) is 8.95. The quantitative estimate of drug-likeness (QED) is 0.481. The zero-order valence-corrected chi connectivity index (χ0v) is 20.7. The van der Waals surface area contributed by atoms with Gasteiger partial charge in [0, 0.05) is 37.8 Å². The lowest BCUT2D eigenvalue weighted by Crippen LogP contribution is -2.64. The summed E-state index contributed by atoms with van der Waals surface area (Å²) >= 11 is 1.32. The third kappa shape index (κ3) is 3.67. The summed E-state index contributed by atoms with van der Waals surface area (Å²) in [6.07, 6.45) is 3.44. The molecule has 4 bridgehead atoms. The van der Waals surface area contributed by atoms with Crippen molar-refractivity contribution in [1.29, 1.82) is 0 Å². The van der Waals surface area contributed by atoms with Crippen molar-refractivity contribution in [3.8, 4) is 10.6 Å². The summed E-state index contributed by atoms with van der Waals surface area (Å²) in [4.78, 5) is 22.7. The Morgan fingerprint density at radius 1 is 1.00 bits per heavy atom. The number of carbonyl (C=O) groups is 1. The summed E-state index contributed by atoms with van der Waals surface area (Å²) in [5, 5.41) is 5.88. The Morgan fingerprint density at radius 2 is 1.67 bits per heavy atom. The molecule has 3 aromatic heterocycles. The number of alkyl halides is 3. The van der Waals surface area contributed by atoms with Gasteiger partial charge in [0.25, 0.3) is 5.91 Å². The normalized spacial score (nSPS) is 30.4. The number of halogens is 3. The number of aromatic nitrogens is 3. The van der Waals surface area contributed by atoms with Crippen LogP contribution >= 0.6 is 11.3 Å². The molecule has 4 aliphatic carbocycles. The summed E-state index contributed by atoms with van der Waals surface area (Å²) in [5.74, 6) is 2.27. The molecule has 4 heterocycles. The molecule has 190 valence electrons. The van der Waals surface area contributed by atoms with Gasteiger partial charge in [-0.05, 0) is 73.8 Å². The van der Waals surface area contributed by atoms with Crippen LogP contribution in [0.3, 0.4) is 0 Å². The van der Waals surface area contributed by atoms with E-state index >= 15 is 0 Å². The first-order valence-electron chi connectivity index (χ1n) is 12.8. The number of hydrogen-bond donors (Lipinski definition) is 0. The summed E-state index contributed by atoms with van der Waals surface area (Å²) in [5.41, 5.74) is -0.352. The number of thiophene rings is 1. The molecule has 6 nitrogen and oxygen atoms in total. The fraction of sp³-hybridized carbons (Fsp3) is 0.577. The van der Waals surface area contributed by atoms with Gasteiger partial charge < -0.3 is 4.90 Å². The molecule has 36 heavy (non-hydrogen) atoms. The van der Waals surface area contributed by atoms with E-state index in [0.717, 1.165) is 41.4 Å². The highest BCUT2D eigenvalue weighted by Crippen LogP contribution is 2.57. The number of rotatable bonds is 3. The SMILES string of the molecule is O=C(c1cc2nc(-c3cccs3)cc(C(F)(F)F)n2n1)N1CCN(C23CC4CC(CC(C4)C2)C3)CC1. The number of amides is 1. The van der Waals surface area contributed by atoms with Gasteiger partial charge in [0.2, 0.25) is 0 Å². The molecule has 1 amide bonds. The van der Waals surface area contributed by atoms with Gasteiger partial charge in [-0.2, -0.15) is 18.3 Å². The highest BCUT2D eigenvalue weighted by atomic mass is 32.1. The topological polar surface area (TPSA) is 53.7 Å². The minimum Gasteiger partial charge on any atom is -0.335 e. The highest BCUT2D eigenvalue weighted by molar-refractivity contribution is 7.13. The Labute approximate surface area is 211 Å². The maximum Gasteiger partial charge on any atom is 0.433 e. The second-order valence-corrected chi connectivity index (χ2v) is 12.2. The molecule has 0 radical (unpaired) electrons. The average Bonchev–Trinajstić information content (AvgIpc) is 3.52. The van der Waals surface area contributed by atoms with E-state index in [2.05, 4.69) is 15.0 Å². The summed E-state index contributed by atoms with van der Waals surface area (Å²) in [7, 11) is 0. The van der Waals surface area contributed by atoms with Crippen molar-refractivity contribution in [2.24, 2.45) is 17.8 Å². The van der Waals surface area contributed by atoms with Gasteiger partial charge in [0.1, 0.15) is 0 Å². The monoisotopic (exact) mass is 515 g/mol. The van der Waals surface area contributed by atoms with Crippen molar-refractivity contribution in [3.05, 3.63) is 41.0 Å². The Morgan fingerprint density at radius 3 is 2.25 bits per heavy atom. The van der Waals surface area contributed by atoms with Crippen molar-refractivity contribution in [3.63, 3.8) is 0 Å². The summed E-state index contributed by atoms with van der Waals surface area (Å²) in [6, 6.07) is 5.90. The zero-order chi connectivity index (χ0) is 24.7. The third-order valence-corrected chi connectivity index (χ3v) is 9.85. The Hall–Kier alpha value is -2.46. The Kier molecular flexibility index (Phi) is 5.06. The summed E-state index contributed by atoms with van der Waals surface area (Å²) in [6.45, 7) is 2.79. The van der Waals surface area contributed by atoms with E-state index in [1.807, 2.05) is 0 Å². The molecule has 5 aliphatic rings. The molecule has 8 rings (SSSR count). The fourth-order valence-electron chi connectivity index (χ4n) is 7.83. The molecule has 0 N–H and O–H groups in total. The lowest BCUT2D eigenvalue weighted by molar-refractivity contribution is -0.142. The van der Waals surface area contributed by atoms with Crippen LogP contribution in [0.5, 0.6) is 0 Å². The molecule has 3 aromatic rings. The molecule has 1 saturated heterocycles. The second-order valence-electron chi connectivity index (χ2n) is 11.2. The van der Waals surface area contributed by atoms with Gasteiger partial charge in [-0.3, -0.25) is 9.69 Å². The molecule has 0 spiro atoms. The molecule has 0 atom stereocenters. The van der Waals surface area contributed by atoms with Crippen molar-refractivity contribution >= 4 is 22.9 Å². The van der Waals surface area contributed by atoms with E-state index in [1.54, 1.807) is 22.4 Å². The number of nitrogens with zero attached hydrogens (tertiary/aromatic N) is 5. The van der Waals surface area contributed by atoms with Gasteiger partial charge in [0.15, 0.2) is 17.0 Å². The predicted molar refractivity (Wildman–Crippen MR) is 130 cm³/mol. The van der Waals surface area contributed by atoms with E-state index in [1.165, 1.54) is 55.9 Å². The van der Waals surface area contributed by atoms with Crippen LogP contribution in [-0.2, 0) is 6.18 Å². The predicted octanol–water partition coefficient (Wildman–Crippen LogP) is 5.20. The average molecular weight is 516 g/mol. The van der Waals surface area contributed by atoms with Crippen LogP contribution in [0.1, 0.15) is 54.7 Å². The van der Waals surface area contributed by atoms with Crippen LogP contribution in [-0.4, -0.2) is 62.0 Å². The number of hydrogen-bond acceptors (Lipinski definition) is 5. The molecule has 1 aliphatic heterocycles. The molecule has 0 aromatic carbocycles. The van der Waals surface area contributed by atoms with Crippen LogP contribution in [0.25, 0.3) is 16.2 Å². The van der Waals surface area contributed by atoms with Crippen LogP contribution in [0, 0.1) is 17.8 Å². The lowest BCUT2D eigenvalue weighted by Gasteiger charge is -2.61. The fourth-order valence-corrected chi connectivity index (χ4v) is 8.52. The molecular weight excluding hydrogens is 487 g/mol. The number of carbonyl (C=O) groups excluding carboxylic acids is 1. The smallest absolute Gasteiger partial charge is 0.335 e. The van der Waals surface area contributed by atoms with E-state index in [0.29, 0.717) is 23.5 Å². The van der Waals surface area contributed by atoms with Gasteiger partial charge in [-0.25, -0.2) is 9.50 Å². The van der Waals surface area contributed by atoms with Gasteiger partial charge in [0.05, 0.1) is 10.6 Å². The maximum absolute atomic E-state index is 13.9. The molecule has 4 saturated carbocycles. The van der Waals surface area contributed by atoms with Crippen molar-refractivity contribution in [2.75, 3.05) is 26.2 Å². The van der Waals surface area contributed by atoms with Gasteiger partial charge in [-0.1, -0.05) is 6.07 Å². The minimum absolute atomic E-state index is 0.0135. The Balaban J connectivity index is 1.12. The van der Waals surface area contributed by atoms with Crippen LogP contribution < -0.4 is 0 Å². The number of fused-ring (bicyclic) bond motifs is 1. The highest BCUT2D eigenvalue weighted by Gasteiger charge is 2.53. The first-order chi connectivity index (χ1) is 17.3. The molecular formula is C26H28F3N5OS. The van der Waals surface area contributed by atoms with E-state index in [9.17, 15) is 18.0 Å². The number of piperazine rings is 1. The molecule has 5 fully saturated rings. The molecule has 10 heteroatoms. The van der Waals surface area contributed by atoms with Gasteiger partial charge in [-0.15, -0.1) is 11.3 Å². The largest absolute Gasteiger partial charge is 0.433 e. The minimum atomic E-state index is -4.62.